The van der Waals surface area contributed by atoms with Crippen LogP contribution in [0.2, 0.25) is 0 Å². The average molecular weight is 264 g/mol. The topological polar surface area (TPSA) is 68.0 Å². The minimum atomic E-state index is -0.670. The van der Waals surface area contributed by atoms with Crippen LogP contribution in [0.4, 0.5) is 0 Å². The van der Waals surface area contributed by atoms with Crippen LogP contribution in [-0.4, -0.2) is 48.9 Å². The Morgan fingerprint density at radius 2 is 1.95 bits per heavy atom. The Hall–Kier alpha value is -1.30. The fourth-order valence-corrected chi connectivity index (χ4v) is 2.45. The number of nitrogens with two attached hydrogens (primary N) is 1. The van der Waals surface area contributed by atoms with Gasteiger partial charge in [-0.2, -0.15) is 0 Å². The van der Waals surface area contributed by atoms with Crippen molar-refractivity contribution in [2.75, 3.05) is 32.8 Å². The monoisotopic (exact) mass is 264 g/mol. The van der Waals surface area contributed by atoms with Crippen LogP contribution in [0, 0.1) is 0 Å². The van der Waals surface area contributed by atoms with Crippen molar-refractivity contribution in [3.63, 3.8) is 0 Å². The molecule has 0 saturated carbocycles. The highest BCUT2D eigenvalue weighted by molar-refractivity contribution is 5.44. The third-order valence-corrected chi connectivity index (χ3v) is 3.73. The molecule has 3 N–H and O–H groups in total. The number of rotatable bonds is 4. The SMILES string of the molecule is NC(CN1CCC1)C(O)c1ccc2c(c1)OCCO2. The first-order chi connectivity index (χ1) is 9.24. The number of nitrogens with zero attached hydrogens (tertiary/aromatic N) is 1. The van der Waals surface area contributed by atoms with Crippen LogP contribution in [0.5, 0.6) is 11.5 Å². The minimum absolute atomic E-state index is 0.275. The number of likely N-dealkylation sites (tertiary alicyclic amines) is 1. The first kappa shape index (κ1) is 12.7. The molecule has 2 heterocycles. The highest BCUT2D eigenvalue weighted by atomic mass is 16.6. The molecule has 5 heteroatoms. The van der Waals surface area contributed by atoms with Gasteiger partial charge in [0.25, 0.3) is 0 Å². The molecule has 1 fully saturated rings. The van der Waals surface area contributed by atoms with E-state index < -0.39 is 6.10 Å². The second-order valence-electron chi connectivity index (χ2n) is 5.17. The first-order valence-corrected chi connectivity index (χ1v) is 6.79. The van der Waals surface area contributed by atoms with Crippen molar-refractivity contribution in [1.82, 2.24) is 4.90 Å². The second kappa shape index (κ2) is 5.36. The predicted octanol–water partition coefficient (Wildman–Crippen LogP) is 0.524. The van der Waals surface area contributed by atoms with Crippen molar-refractivity contribution in [3.05, 3.63) is 23.8 Å². The van der Waals surface area contributed by atoms with Crippen LogP contribution in [0.25, 0.3) is 0 Å². The molecular formula is C14H20N2O3. The largest absolute Gasteiger partial charge is 0.486 e. The maximum Gasteiger partial charge on any atom is 0.161 e. The molecule has 0 amide bonds. The zero-order valence-corrected chi connectivity index (χ0v) is 10.9. The zero-order chi connectivity index (χ0) is 13.2. The molecule has 2 unspecified atom stereocenters. The summed E-state index contributed by atoms with van der Waals surface area (Å²) in [4.78, 5) is 2.26. The van der Waals surface area contributed by atoms with E-state index in [0.29, 0.717) is 19.0 Å². The highest BCUT2D eigenvalue weighted by Gasteiger charge is 2.24. The summed E-state index contributed by atoms with van der Waals surface area (Å²) >= 11 is 0. The summed E-state index contributed by atoms with van der Waals surface area (Å²) in [7, 11) is 0. The Labute approximate surface area is 112 Å². The van der Waals surface area contributed by atoms with Gasteiger partial charge in [-0.3, -0.25) is 0 Å². The summed E-state index contributed by atoms with van der Waals surface area (Å²) < 4.78 is 11.0. The number of fused-ring (bicyclic) bond motifs is 1. The predicted molar refractivity (Wildman–Crippen MR) is 71.4 cm³/mol. The van der Waals surface area contributed by atoms with E-state index >= 15 is 0 Å². The highest BCUT2D eigenvalue weighted by Crippen LogP contribution is 2.33. The maximum absolute atomic E-state index is 10.3. The van der Waals surface area contributed by atoms with Crippen molar-refractivity contribution in [1.29, 1.82) is 0 Å². The summed E-state index contributed by atoms with van der Waals surface area (Å²) in [6, 6.07) is 5.25. The van der Waals surface area contributed by atoms with Crippen LogP contribution in [0.3, 0.4) is 0 Å². The molecule has 19 heavy (non-hydrogen) atoms. The lowest BCUT2D eigenvalue weighted by Gasteiger charge is -2.34. The standard InChI is InChI=1S/C14H20N2O3/c15-11(9-16-4-1-5-16)14(17)10-2-3-12-13(8-10)19-7-6-18-12/h2-3,8,11,14,17H,1,4-7,9,15H2. The Kier molecular flexibility index (Phi) is 3.59. The number of hydrogen-bond donors (Lipinski definition) is 2. The fraction of sp³-hybridized carbons (Fsp3) is 0.571. The third-order valence-electron chi connectivity index (χ3n) is 3.73. The van der Waals surface area contributed by atoms with E-state index in [1.165, 1.54) is 6.42 Å². The fourth-order valence-electron chi connectivity index (χ4n) is 2.45. The van der Waals surface area contributed by atoms with E-state index in [0.717, 1.165) is 30.9 Å². The van der Waals surface area contributed by atoms with Gasteiger partial charge in [-0.05, 0) is 37.2 Å². The molecule has 5 nitrogen and oxygen atoms in total. The second-order valence-corrected chi connectivity index (χ2v) is 5.17. The lowest BCUT2D eigenvalue weighted by Crippen LogP contribution is -2.47. The molecule has 3 rings (SSSR count). The maximum atomic E-state index is 10.3. The smallest absolute Gasteiger partial charge is 0.161 e. The molecule has 104 valence electrons. The van der Waals surface area contributed by atoms with Crippen LogP contribution < -0.4 is 15.2 Å². The molecule has 2 aliphatic heterocycles. The molecule has 1 aromatic carbocycles. The molecule has 0 aromatic heterocycles. The van der Waals surface area contributed by atoms with E-state index in [4.69, 9.17) is 15.2 Å². The molecule has 0 bridgehead atoms. The van der Waals surface area contributed by atoms with E-state index in [-0.39, 0.29) is 6.04 Å². The van der Waals surface area contributed by atoms with Crippen molar-refractivity contribution < 1.29 is 14.6 Å². The van der Waals surface area contributed by atoms with Gasteiger partial charge in [0.15, 0.2) is 11.5 Å². The Morgan fingerprint density at radius 3 is 2.63 bits per heavy atom. The quantitative estimate of drug-likeness (QED) is 0.830. The third kappa shape index (κ3) is 2.68. The number of benzene rings is 1. The van der Waals surface area contributed by atoms with Crippen molar-refractivity contribution in [2.45, 2.75) is 18.6 Å². The summed E-state index contributed by atoms with van der Waals surface area (Å²) in [6.45, 7) is 4.02. The molecule has 1 saturated heterocycles. The summed E-state index contributed by atoms with van der Waals surface area (Å²) in [5.41, 5.74) is 6.86. The Morgan fingerprint density at radius 1 is 1.21 bits per heavy atom. The van der Waals surface area contributed by atoms with Crippen LogP contribution >= 0.6 is 0 Å². The van der Waals surface area contributed by atoms with Gasteiger partial charge in [-0.15, -0.1) is 0 Å². The van der Waals surface area contributed by atoms with E-state index in [2.05, 4.69) is 4.90 Å². The molecule has 0 radical (unpaired) electrons. The molecule has 0 aliphatic carbocycles. The molecular weight excluding hydrogens is 244 g/mol. The first-order valence-electron chi connectivity index (χ1n) is 6.79. The van der Waals surface area contributed by atoms with Crippen LogP contribution in [-0.2, 0) is 0 Å². The molecule has 2 atom stereocenters. The van der Waals surface area contributed by atoms with Gasteiger partial charge >= 0.3 is 0 Å². The number of hydrogen-bond acceptors (Lipinski definition) is 5. The number of aliphatic hydroxyl groups is 1. The minimum Gasteiger partial charge on any atom is -0.486 e. The van der Waals surface area contributed by atoms with Crippen molar-refractivity contribution >= 4 is 0 Å². The normalized spacial score (nSPS) is 21.6. The Balaban J connectivity index is 1.69. The average Bonchev–Trinajstić information content (AvgIpc) is 2.41. The number of aliphatic hydroxyl groups excluding tert-OH is 1. The van der Waals surface area contributed by atoms with E-state index in [9.17, 15) is 5.11 Å². The van der Waals surface area contributed by atoms with Gasteiger partial charge in [-0.1, -0.05) is 6.07 Å². The van der Waals surface area contributed by atoms with Crippen molar-refractivity contribution in [2.24, 2.45) is 5.73 Å². The lowest BCUT2D eigenvalue weighted by atomic mass is 10.0. The lowest BCUT2D eigenvalue weighted by molar-refractivity contribution is 0.0949. The summed E-state index contributed by atoms with van der Waals surface area (Å²) in [5.74, 6) is 1.43. The zero-order valence-electron chi connectivity index (χ0n) is 10.9. The van der Waals surface area contributed by atoms with Gasteiger partial charge in [0.2, 0.25) is 0 Å². The number of ether oxygens (including phenoxy) is 2. The van der Waals surface area contributed by atoms with Crippen molar-refractivity contribution in [3.8, 4) is 11.5 Å². The van der Waals surface area contributed by atoms with Gasteiger partial charge in [0, 0.05) is 12.6 Å². The van der Waals surface area contributed by atoms with Gasteiger partial charge in [0.05, 0.1) is 6.10 Å². The molecule has 0 spiro atoms. The van der Waals surface area contributed by atoms with Crippen LogP contribution in [0.15, 0.2) is 18.2 Å². The van der Waals surface area contributed by atoms with Crippen LogP contribution in [0.1, 0.15) is 18.1 Å². The molecule has 1 aromatic rings. The van der Waals surface area contributed by atoms with E-state index in [1.807, 2.05) is 18.2 Å². The van der Waals surface area contributed by atoms with E-state index in [1.54, 1.807) is 0 Å². The Bertz CT molecular complexity index is 448. The molecule has 2 aliphatic rings. The van der Waals surface area contributed by atoms with Gasteiger partial charge in [0.1, 0.15) is 13.2 Å². The summed E-state index contributed by atoms with van der Waals surface area (Å²) in [5, 5.41) is 10.3. The van der Waals surface area contributed by atoms with Gasteiger partial charge in [-0.25, -0.2) is 0 Å². The van der Waals surface area contributed by atoms with Gasteiger partial charge < -0.3 is 25.2 Å². The summed E-state index contributed by atoms with van der Waals surface area (Å²) in [6.07, 6.45) is 0.559.